The van der Waals surface area contributed by atoms with Gasteiger partial charge in [0.15, 0.2) is 0 Å². The quantitative estimate of drug-likeness (QED) is 0.873. The van der Waals surface area contributed by atoms with E-state index in [1.54, 1.807) is 25.7 Å². The Morgan fingerprint density at radius 3 is 2.56 bits per heavy atom. The van der Waals surface area contributed by atoms with E-state index in [-0.39, 0.29) is 18.7 Å². The molecule has 1 aliphatic rings. The average Bonchev–Trinajstić information content (AvgIpc) is 2.53. The largest absolute Gasteiger partial charge is 0.445 e. The summed E-state index contributed by atoms with van der Waals surface area (Å²) in [6.07, 6.45) is -0.330. The van der Waals surface area contributed by atoms with Gasteiger partial charge in [0.25, 0.3) is 0 Å². The summed E-state index contributed by atoms with van der Waals surface area (Å²) in [4.78, 5) is 25.6. The maximum Gasteiger partial charge on any atom is 0.410 e. The van der Waals surface area contributed by atoms with Crippen molar-refractivity contribution in [1.82, 2.24) is 10.2 Å². The third-order valence-corrected chi connectivity index (χ3v) is 3.82. The van der Waals surface area contributed by atoms with Crippen molar-refractivity contribution in [3.8, 4) is 0 Å². The molecule has 0 spiro atoms. The zero-order valence-electron chi connectivity index (χ0n) is 15.0. The second-order valence-corrected chi connectivity index (χ2v) is 7.19. The fourth-order valence-corrected chi connectivity index (χ4v) is 2.60. The van der Waals surface area contributed by atoms with Crippen LogP contribution < -0.4 is 11.1 Å². The number of hydrogen-bond donors (Lipinski definition) is 2. The van der Waals surface area contributed by atoms with Gasteiger partial charge in [-0.1, -0.05) is 30.3 Å². The highest BCUT2D eigenvalue weighted by Gasteiger charge is 2.31. The normalized spacial score (nSPS) is 20.7. The predicted molar refractivity (Wildman–Crippen MR) is 94.0 cm³/mol. The Kier molecular flexibility index (Phi) is 6.25. The van der Waals surface area contributed by atoms with Gasteiger partial charge in [-0.05, 0) is 32.8 Å². The van der Waals surface area contributed by atoms with Crippen molar-refractivity contribution < 1.29 is 19.1 Å². The molecule has 0 radical (unpaired) electrons. The van der Waals surface area contributed by atoms with E-state index in [4.69, 9.17) is 15.2 Å². The van der Waals surface area contributed by atoms with Gasteiger partial charge >= 0.3 is 12.2 Å². The molecule has 3 N–H and O–H groups in total. The van der Waals surface area contributed by atoms with Crippen LogP contribution in [-0.4, -0.2) is 47.9 Å². The third-order valence-electron chi connectivity index (χ3n) is 3.82. The SMILES string of the molecule is CC(C)(C)OC(=O)NC1CCN(C(=O)OCc2ccccc2)CC1N. The van der Waals surface area contributed by atoms with Gasteiger partial charge in [0, 0.05) is 19.1 Å². The number of amides is 2. The topological polar surface area (TPSA) is 93.9 Å². The molecular weight excluding hydrogens is 322 g/mol. The lowest BCUT2D eigenvalue weighted by Crippen LogP contribution is -2.59. The highest BCUT2D eigenvalue weighted by Crippen LogP contribution is 2.14. The Balaban J connectivity index is 1.78. The molecule has 2 unspecified atom stereocenters. The summed E-state index contributed by atoms with van der Waals surface area (Å²) in [7, 11) is 0. The lowest BCUT2D eigenvalue weighted by atomic mass is 10.0. The fourth-order valence-electron chi connectivity index (χ4n) is 2.60. The van der Waals surface area contributed by atoms with E-state index >= 15 is 0 Å². The highest BCUT2D eigenvalue weighted by atomic mass is 16.6. The smallest absolute Gasteiger partial charge is 0.410 e. The molecule has 1 fully saturated rings. The monoisotopic (exact) mass is 349 g/mol. The van der Waals surface area contributed by atoms with Gasteiger partial charge in [0.1, 0.15) is 12.2 Å². The summed E-state index contributed by atoms with van der Waals surface area (Å²) < 4.78 is 10.6. The maximum absolute atomic E-state index is 12.2. The van der Waals surface area contributed by atoms with E-state index in [1.165, 1.54) is 0 Å². The van der Waals surface area contributed by atoms with Gasteiger partial charge in [0.2, 0.25) is 0 Å². The molecule has 2 amide bonds. The molecule has 2 rings (SSSR count). The summed E-state index contributed by atoms with van der Waals surface area (Å²) in [6, 6.07) is 8.90. The van der Waals surface area contributed by atoms with Crippen LogP contribution in [0.15, 0.2) is 30.3 Å². The van der Waals surface area contributed by atoms with Gasteiger partial charge in [-0.2, -0.15) is 0 Å². The molecule has 0 aromatic heterocycles. The molecular formula is C18H27N3O4. The molecule has 0 saturated carbocycles. The van der Waals surface area contributed by atoms with Crippen LogP contribution in [0.1, 0.15) is 32.8 Å². The molecule has 7 nitrogen and oxygen atoms in total. The molecule has 2 atom stereocenters. The lowest BCUT2D eigenvalue weighted by molar-refractivity contribution is 0.0455. The number of hydrogen-bond acceptors (Lipinski definition) is 5. The molecule has 1 saturated heterocycles. The van der Waals surface area contributed by atoms with Gasteiger partial charge in [-0.3, -0.25) is 0 Å². The van der Waals surface area contributed by atoms with E-state index in [9.17, 15) is 9.59 Å². The van der Waals surface area contributed by atoms with Crippen molar-refractivity contribution in [2.75, 3.05) is 13.1 Å². The average molecular weight is 349 g/mol. The Labute approximate surface area is 148 Å². The number of benzene rings is 1. The molecule has 0 aliphatic carbocycles. The Bertz CT molecular complexity index is 586. The number of alkyl carbamates (subject to hydrolysis) is 1. The number of likely N-dealkylation sites (tertiary alicyclic amines) is 1. The maximum atomic E-state index is 12.2. The number of carbonyl (C=O) groups excluding carboxylic acids is 2. The van der Waals surface area contributed by atoms with Crippen molar-refractivity contribution in [2.45, 2.75) is 51.5 Å². The molecule has 1 aliphatic heterocycles. The first kappa shape index (κ1) is 19.1. The Morgan fingerprint density at radius 1 is 1.28 bits per heavy atom. The van der Waals surface area contributed by atoms with Crippen LogP contribution >= 0.6 is 0 Å². The van der Waals surface area contributed by atoms with Crippen LogP contribution in [0.25, 0.3) is 0 Å². The van der Waals surface area contributed by atoms with Gasteiger partial charge in [-0.25, -0.2) is 9.59 Å². The lowest BCUT2D eigenvalue weighted by Gasteiger charge is -2.36. The Hall–Kier alpha value is -2.28. The minimum atomic E-state index is -0.559. The zero-order chi connectivity index (χ0) is 18.4. The van der Waals surface area contributed by atoms with Crippen LogP contribution in [-0.2, 0) is 16.1 Å². The van der Waals surface area contributed by atoms with E-state index in [0.29, 0.717) is 19.5 Å². The number of ether oxygens (including phenoxy) is 2. The highest BCUT2D eigenvalue weighted by molar-refractivity contribution is 5.69. The number of nitrogens with one attached hydrogen (secondary N) is 1. The van der Waals surface area contributed by atoms with Crippen LogP contribution in [0.2, 0.25) is 0 Å². The molecule has 25 heavy (non-hydrogen) atoms. The number of nitrogens with zero attached hydrogens (tertiary/aromatic N) is 1. The second kappa shape index (κ2) is 8.20. The standard InChI is InChI=1S/C18H27N3O4/c1-18(2,3)25-16(22)20-15-9-10-21(11-14(15)19)17(23)24-12-13-7-5-4-6-8-13/h4-8,14-15H,9-12,19H2,1-3H3,(H,20,22). The molecule has 1 heterocycles. The number of rotatable bonds is 3. The first-order valence-corrected chi connectivity index (χ1v) is 8.45. The number of carbonyl (C=O) groups is 2. The summed E-state index contributed by atoms with van der Waals surface area (Å²) >= 11 is 0. The molecule has 1 aromatic rings. The van der Waals surface area contributed by atoms with Crippen LogP contribution in [0.3, 0.4) is 0 Å². The Morgan fingerprint density at radius 2 is 1.96 bits per heavy atom. The molecule has 7 heteroatoms. The van der Waals surface area contributed by atoms with Crippen LogP contribution in [0.5, 0.6) is 0 Å². The number of piperidine rings is 1. The number of nitrogens with two attached hydrogens (primary N) is 1. The predicted octanol–water partition coefficient (Wildman–Crippen LogP) is 2.25. The second-order valence-electron chi connectivity index (χ2n) is 7.19. The first-order chi connectivity index (χ1) is 11.7. The fraction of sp³-hybridized carbons (Fsp3) is 0.556. The summed E-state index contributed by atoms with van der Waals surface area (Å²) in [5, 5.41) is 2.78. The van der Waals surface area contributed by atoms with E-state index < -0.39 is 17.8 Å². The molecule has 0 bridgehead atoms. The molecule has 138 valence electrons. The van der Waals surface area contributed by atoms with Crippen LogP contribution in [0, 0.1) is 0 Å². The van der Waals surface area contributed by atoms with Gasteiger partial charge < -0.3 is 25.4 Å². The van der Waals surface area contributed by atoms with E-state index in [0.717, 1.165) is 5.56 Å². The van der Waals surface area contributed by atoms with Crippen molar-refractivity contribution >= 4 is 12.2 Å². The van der Waals surface area contributed by atoms with Crippen molar-refractivity contribution in [3.63, 3.8) is 0 Å². The van der Waals surface area contributed by atoms with Gasteiger partial charge in [-0.15, -0.1) is 0 Å². The minimum absolute atomic E-state index is 0.227. The minimum Gasteiger partial charge on any atom is -0.445 e. The summed E-state index contributed by atoms with van der Waals surface area (Å²) in [5.74, 6) is 0. The molecule has 1 aromatic carbocycles. The van der Waals surface area contributed by atoms with E-state index in [1.807, 2.05) is 30.3 Å². The van der Waals surface area contributed by atoms with Crippen molar-refractivity contribution in [3.05, 3.63) is 35.9 Å². The van der Waals surface area contributed by atoms with Gasteiger partial charge in [0.05, 0.1) is 6.04 Å². The third kappa shape index (κ3) is 6.26. The van der Waals surface area contributed by atoms with E-state index in [2.05, 4.69) is 5.32 Å². The summed E-state index contributed by atoms with van der Waals surface area (Å²) in [6.45, 7) is 6.44. The van der Waals surface area contributed by atoms with Crippen molar-refractivity contribution in [1.29, 1.82) is 0 Å². The zero-order valence-corrected chi connectivity index (χ0v) is 15.0. The first-order valence-electron chi connectivity index (χ1n) is 8.45. The van der Waals surface area contributed by atoms with Crippen LogP contribution in [0.4, 0.5) is 9.59 Å². The summed E-state index contributed by atoms with van der Waals surface area (Å²) in [5.41, 5.74) is 6.48. The van der Waals surface area contributed by atoms with Crippen molar-refractivity contribution in [2.24, 2.45) is 5.73 Å².